The predicted molar refractivity (Wildman–Crippen MR) is 96.8 cm³/mol. The summed E-state index contributed by atoms with van der Waals surface area (Å²) in [5.74, 6) is 0. The van der Waals surface area contributed by atoms with Gasteiger partial charge in [0.15, 0.2) is 0 Å². The molecule has 0 amide bonds. The van der Waals surface area contributed by atoms with Gasteiger partial charge in [0.25, 0.3) is 0 Å². The minimum Gasteiger partial charge on any atom is -0.327 e. The van der Waals surface area contributed by atoms with Crippen LogP contribution in [0.15, 0.2) is 0 Å². The van der Waals surface area contributed by atoms with E-state index < -0.39 is 0 Å². The Bertz CT molecular complexity index is 180. The maximum absolute atomic E-state index is 5.69. The zero-order valence-electron chi connectivity index (χ0n) is 15.0. The van der Waals surface area contributed by atoms with E-state index in [0.717, 1.165) is 13.1 Å². The van der Waals surface area contributed by atoms with Crippen LogP contribution in [0.5, 0.6) is 0 Å². The van der Waals surface area contributed by atoms with Gasteiger partial charge in [-0.05, 0) is 19.9 Å². The van der Waals surface area contributed by atoms with Crippen LogP contribution in [0.2, 0.25) is 0 Å². The molecule has 0 bridgehead atoms. The van der Waals surface area contributed by atoms with Crippen molar-refractivity contribution in [2.45, 2.75) is 110 Å². The number of hydrogen-bond donors (Lipinski definition) is 2. The molecule has 0 saturated carbocycles. The van der Waals surface area contributed by atoms with Gasteiger partial charge in [0.05, 0.1) is 0 Å². The fourth-order valence-electron chi connectivity index (χ4n) is 2.77. The van der Waals surface area contributed by atoms with Gasteiger partial charge in [0.2, 0.25) is 0 Å². The van der Waals surface area contributed by atoms with Gasteiger partial charge in [-0.15, -0.1) is 0 Å². The molecule has 0 aliphatic rings. The third-order valence-corrected chi connectivity index (χ3v) is 4.17. The van der Waals surface area contributed by atoms with Crippen LogP contribution in [0.3, 0.4) is 0 Å². The van der Waals surface area contributed by atoms with E-state index >= 15 is 0 Å². The van der Waals surface area contributed by atoms with Crippen molar-refractivity contribution in [2.24, 2.45) is 5.73 Å². The van der Waals surface area contributed by atoms with Gasteiger partial charge < -0.3 is 11.1 Å². The molecule has 0 rings (SSSR count). The maximum atomic E-state index is 5.69. The molecule has 1 unspecified atom stereocenters. The average Bonchev–Trinajstić information content (AvgIpc) is 2.46. The first-order valence-electron chi connectivity index (χ1n) is 9.73. The lowest BCUT2D eigenvalue weighted by Gasteiger charge is -2.07. The van der Waals surface area contributed by atoms with Crippen molar-refractivity contribution < 1.29 is 0 Å². The van der Waals surface area contributed by atoms with E-state index in [1.807, 2.05) is 0 Å². The van der Waals surface area contributed by atoms with Gasteiger partial charge >= 0.3 is 0 Å². The Kier molecular flexibility index (Phi) is 17.9. The summed E-state index contributed by atoms with van der Waals surface area (Å²) in [5, 5.41) is 3.40. The van der Waals surface area contributed by atoms with E-state index in [1.54, 1.807) is 0 Å². The lowest BCUT2D eigenvalue weighted by Crippen LogP contribution is -2.31. The average molecular weight is 299 g/mol. The highest BCUT2D eigenvalue weighted by molar-refractivity contribution is 4.57. The lowest BCUT2D eigenvalue weighted by atomic mass is 10.0. The molecule has 0 heterocycles. The molecule has 0 aliphatic carbocycles. The van der Waals surface area contributed by atoms with Gasteiger partial charge in [-0.1, -0.05) is 90.4 Å². The molecule has 0 aliphatic heterocycles. The normalized spacial score (nSPS) is 12.7. The van der Waals surface area contributed by atoms with E-state index in [4.69, 9.17) is 5.73 Å². The van der Waals surface area contributed by atoms with E-state index in [9.17, 15) is 0 Å². The number of unbranched alkanes of at least 4 members (excludes halogenated alkanes) is 13. The van der Waals surface area contributed by atoms with Crippen molar-refractivity contribution >= 4 is 0 Å². The molecule has 0 fully saturated rings. The maximum Gasteiger partial charge on any atom is 0.0136 e. The highest BCUT2D eigenvalue weighted by Crippen LogP contribution is 2.12. The fourth-order valence-corrected chi connectivity index (χ4v) is 2.77. The number of rotatable bonds is 17. The third kappa shape index (κ3) is 19.9. The molecule has 3 N–H and O–H groups in total. The Labute approximate surface area is 134 Å². The van der Waals surface area contributed by atoms with Crippen molar-refractivity contribution in [1.82, 2.24) is 5.32 Å². The van der Waals surface area contributed by atoms with Crippen LogP contribution in [-0.2, 0) is 0 Å². The minimum absolute atomic E-state index is 0.289. The quantitative estimate of drug-likeness (QED) is 0.353. The molecule has 0 spiro atoms. The van der Waals surface area contributed by atoms with Gasteiger partial charge in [-0.25, -0.2) is 0 Å². The first-order chi connectivity index (χ1) is 10.3. The molecule has 0 saturated heterocycles. The van der Waals surface area contributed by atoms with Crippen molar-refractivity contribution in [3.63, 3.8) is 0 Å². The Morgan fingerprint density at radius 3 is 1.43 bits per heavy atom. The zero-order chi connectivity index (χ0) is 15.6. The summed E-state index contributed by atoms with van der Waals surface area (Å²) in [5.41, 5.74) is 5.69. The van der Waals surface area contributed by atoms with Crippen LogP contribution in [0, 0.1) is 0 Å². The molecule has 128 valence electrons. The second kappa shape index (κ2) is 18.0. The topological polar surface area (TPSA) is 38.0 Å². The zero-order valence-corrected chi connectivity index (χ0v) is 15.0. The van der Waals surface area contributed by atoms with Crippen LogP contribution in [0.25, 0.3) is 0 Å². The van der Waals surface area contributed by atoms with Gasteiger partial charge in [0, 0.05) is 12.6 Å². The minimum atomic E-state index is 0.289. The van der Waals surface area contributed by atoms with Crippen molar-refractivity contribution in [2.75, 3.05) is 13.1 Å². The van der Waals surface area contributed by atoms with E-state index in [-0.39, 0.29) is 6.04 Å². The summed E-state index contributed by atoms with van der Waals surface area (Å²) in [6, 6.07) is 0.289. The van der Waals surface area contributed by atoms with Crippen LogP contribution in [0.4, 0.5) is 0 Å². The first kappa shape index (κ1) is 20.9. The van der Waals surface area contributed by atoms with Crippen molar-refractivity contribution in [3.05, 3.63) is 0 Å². The van der Waals surface area contributed by atoms with Crippen molar-refractivity contribution in [1.29, 1.82) is 0 Å². The highest BCUT2D eigenvalue weighted by atomic mass is 14.9. The van der Waals surface area contributed by atoms with Crippen LogP contribution in [-0.4, -0.2) is 19.1 Å². The monoisotopic (exact) mass is 298 g/mol. The van der Waals surface area contributed by atoms with Crippen LogP contribution in [0.1, 0.15) is 104 Å². The lowest BCUT2D eigenvalue weighted by molar-refractivity contribution is 0.525. The van der Waals surface area contributed by atoms with E-state index in [2.05, 4.69) is 19.2 Å². The van der Waals surface area contributed by atoms with Gasteiger partial charge in [-0.2, -0.15) is 0 Å². The smallest absolute Gasteiger partial charge is 0.0136 e. The van der Waals surface area contributed by atoms with Crippen molar-refractivity contribution in [3.8, 4) is 0 Å². The van der Waals surface area contributed by atoms with Gasteiger partial charge in [0.1, 0.15) is 0 Å². The molecular weight excluding hydrogens is 256 g/mol. The Morgan fingerprint density at radius 2 is 1.05 bits per heavy atom. The second-order valence-corrected chi connectivity index (χ2v) is 6.78. The molecule has 1 atom stereocenters. The summed E-state index contributed by atoms with van der Waals surface area (Å²) in [7, 11) is 0. The molecule has 0 aromatic heterocycles. The number of nitrogens with two attached hydrogens (primary N) is 1. The summed E-state index contributed by atoms with van der Waals surface area (Å²) in [6.07, 6.45) is 20.0. The fraction of sp³-hybridized carbons (Fsp3) is 1.00. The summed E-state index contributed by atoms with van der Waals surface area (Å²) >= 11 is 0. The van der Waals surface area contributed by atoms with E-state index in [0.29, 0.717) is 0 Å². The molecule has 0 aromatic carbocycles. The molecular formula is C19H42N2. The number of hydrogen-bond acceptors (Lipinski definition) is 2. The Morgan fingerprint density at radius 1 is 0.667 bits per heavy atom. The molecule has 0 radical (unpaired) electrons. The molecule has 2 nitrogen and oxygen atoms in total. The number of nitrogens with one attached hydrogen (secondary N) is 1. The van der Waals surface area contributed by atoms with E-state index in [1.165, 1.54) is 89.9 Å². The Hall–Kier alpha value is -0.0800. The molecule has 2 heteroatoms. The third-order valence-electron chi connectivity index (χ3n) is 4.17. The summed E-state index contributed by atoms with van der Waals surface area (Å²) < 4.78 is 0. The van der Waals surface area contributed by atoms with Crippen LogP contribution >= 0.6 is 0 Å². The second-order valence-electron chi connectivity index (χ2n) is 6.78. The Balaban J connectivity index is 2.93. The van der Waals surface area contributed by atoms with Crippen LogP contribution < -0.4 is 11.1 Å². The summed E-state index contributed by atoms with van der Waals surface area (Å²) in [6.45, 7) is 6.44. The largest absolute Gasteiger partial charge is 0.327 e. The molecule has 21 heavy (non-hydrogen) atoms. The SMILES string of the molecule is CCCCCCCCCCCCCCCCNCC(C)N. The standard InChI is InChI=1S/C19H42N2/c1-3-4-5-6-7-8-9-10-11-12-13-14-15-16-17-21-18-19(2)20/h19,21H,3-18,20H2,1-2H3. The van der Waals surface area contributed by atoms with Gasteiger partial charge in [-0.3, -0.25) is 0 Å². The summed E-state index contributed by atoms with van der Waals surface area (Å²) in [4.78, 5) is 0. The highest BCUT2D eigenvalue weighted by Gasteiger charge is 1.95. The predicted octanol–water partition coefficient (Wildman–Crippen LogP) is 5.40. The molecule has 0 aromatic rings. The first-order valence-corrected chi connectivity index (χ1v) is 9.73.